The van der Waals surface area contributed by atoms with Crippen molar-refractivity contribution < 1.29 is 9.21 Å². The number of hydrogen-bond acceptors (Lipinski definition) is 4. The predicted octanol–water partition coefficient (Wildman–Crippen LogP) is 4.31. The van der Waals surface area contributed by atoms with Crippen molar-refractivity contribution in [2.45, 2.75) is 26.3 Å². The quantitative estimate of drug-likeness (QED) is 0.610. The zero-order valence-electron chi connectivity index (χ0n) is 17.0. The van der Waals surface area contributed by atoms with Gasteiger partial charge in [-0.25, -0.2) is 4.98 Å². The van der Waals surface area contributed by atoms with Gasteiger partial charge in [-0.3, -0.25) is 9.69 Å². The zero-order valence-corrected chi connectivity index (χ0v) is 17.0. The number of amides is 1. The Morgan fingerprint density at radius 1 is 1.07 bits per heavy atom. The van der Waals surface area contributed by atoms with Crippen molar-refractivity contribution >= 4 is 23.1 Å². The van der Waals surface area contributed by atoms with Crippen LogP contribution in [-0.4, -0.2) is 46.9 Å². The SMILES string of the molecule is CC(C)c1ccc(CN2CCN(C(=O)/C=C/c3nc4ccccc4o3)CC2)cc1. The zero-order chi connectivity index (χ0) is 20.2. The molecule has 1 fully saturated rings. The molecule has 0 saturated carbocycles. The second kappa shape index (κ2) is 8.62. The third kappa shape index (κ3) is 4.74. The molecule has 4 rings (SSSR count). The van der Waals surface area contributed by atoms with Gasteiger partial charge in [-0.15, -0.1) is 0 Å². The van der Waals surface area contributed by atoms with Crippen LogP contribution in [0.2, 0.25) is 0 Å². The van der Waals surface area contributed by atoms with Crippen molar-refractivity contribution in [3.63, 3.8) is 0 Å². The largest absolute Gasteiger partial charge is 0.437 e. The van der Waals surface area contributed by atoms with Crippen LogP contribution in [0.5, 0.6) is 0 Å². The van der Waals surface area contributed by atoms with Crippen LogP contribution in [0, 0.1) is 0 Å². The predicted molar refractivity (Wildman–Crippen MR) is 115 cm³/mol. The molecule has 5 nitrogen and oxygen atoms in total. The van der Waals surface area contributed by atoms with Crippen LogP contribution < -0.4 is 0 Å². The molecule has 0 radical (unpaired) electrons. The van der Waals surface area contributed by atoms with Gasteiger partial charge in [-0.2, -0.15) is 0 Å². The van der Waals surface area contributed by atoms with Crippen LogP contribution in [0.25, 0.3) is 17.2 Å². The Kier molecular flexibility index (Phi) is 5.76. The van der Waals surface area contributed by atoms with Gasteiger partial charge >= 0.3 is 0 Å². The van der Waals surface area contributed by atoms with E-state index in [2.05, 4.69) is 48.0 Å². The van der Waals surface area contributed by atoms with Crippen molar-refractivity contribution in [3.8, 4) is 0 Å². The minimum atomic E-state index is 0.00759. The molecule has 2 heterocycles. The van der Waals surface area contributed by atoms with Gasteiger partial charge in [0.05, 0.1) is 0 Å². The number of para-hydroxylation sites is 2. The van der Waals surface area contributed by atoms with Gasteiger partial charge in [-0.1, -0.05) is 50.2 Å². The van der Waals surface area contributed by atoms with E-state index < -0.39 is 0 Å². The van der Waals surface area contributed by atoms with Gasteiger partial charge in [0.2, 0.25) is 11.8 Å². The Bertz CT molecular complexity index is 963. The molecule has 1 saturated heterocycles. The number of piperazine rings is 1. The lowest BCUT2D eigenvalue weighted by atomic mass is 10.0. The smallest absolute Gasteiger partial charge is 0.246 e. The van der Waals surface area contributed by atoms with Crippen molar-refractivity contribution in [3.05, 3.63) is 71.6 Å². The maximum absolute atomic E-state index is 12.5. The Hall–Kier alpha value is -2.92. The fraction of sp³-hybridized carbons (Fsp3) is 0.333. The van der Waals surface area contributed by atoms with Gasteiger partial charge in [0, 0.05) is 44.9 Å². The van der Waals surface area contributed by atoms with Gasteiger partial charge in [0.15, 0.2) is 5.58 Å². The number of carbonyl (C=O) groups excluding carboxylic acids is 1. The minimum Gasteiger partial charge on any atom is -0.437 e. The molecule has 150 valence electrons. The number of hydrogen-bond donors (Lipinski definition) is 0. The first-order valence-electron chi connectivity index (χ1n) is 10.2. The molecule has 0 N–H and O–H groups in total. The molecule has 1 aromatic heterocycles. The first-order chi connectivity index (χ1) is 14.1. The lowest BCUT2D eigenvalue weighted by Gasteiger charge is -2.34. The van der Waals surface area contributed by atoms with Gasteiger partial charge < -0.3 is 9.32 Å². The summed E-state index contributed by atoms with van der Waals surface area (Å²) < 4.78 is 5.64. The summed E-state index contributed by atoms with van der Waals surface area (Å²) in [5, 5.41) is 0. The molecular weight excluding hydrogens is 362 g/mol. The number of fused-ring (bicyclic) bond motifs is 1. The molecule has 0 aliphatic carbocycles. The summed E-state index contributed by atoms with van der Waals surface area (Å²) in [6.07, 6.45) is 3.22. The first-order valence-corrected chi connectivity index (χ1v) is 10.2. The lowest BCUT2D eigenvalue weighted by Crippen LogP contribution is -2.47. The summed E-state index contributed by atoms with van der Waals surface area (Å²) in [4.78, 5) is 21.2. The van der Waals surface area contributed by atoms with E-state index in [4.69, 9.17) is 4.42 Å². The van der Waals surface area contributed by atoms with Gasteiger partial charge in [-0.05, 0) is 29.2 Å². The van der Waals surface area contributed by atoms with Crippen LogP contribution in [-0.2, 0) is 11.3 Å². The molecule has 1 aliphatic heterocycles. The van der Waals surface area contributed by atoms with Crippen LogP contribution in [0.15, 0.2) is 59.0 Å². The normalized spacial score (nSPS) is 15.6. The summed E-state index contributed by atoms with van der Waals surface area (Å²) in [6, 6.07) is 16.5. The fourth-order valence-corrected chi connectivity index (χ4v) is 3.60. The fourth-order valence-electron chi connectivity index (χ4n) is 3.60. The first kappa shape index (κ1) is 19.4. The molecule has 5 heteroatoms. The molecule has 2 aromatic carbocycles. The van der Waals surface area contributed by atoms with E-state index >= 15 is 0 Å². The highest BCUT2D eigenvalue weighted by molar-refractivity contribution is 5.91. The standard InChI is InChI=1S/C24H27N3O2/c1-18(2)20-9-7-19(8-10-20)17-26-13-15-27(16-14-26)24(28)12-11-23-25-21-5-3-4-6-22(21)29-23/h3-12,18H,13-17H2,1-2H3/b12-11+. The maximum Gasteiger partial charge on any atom is 0.246 e. The van der Waals surface area contributed by atoms with E-state index in [-0.39, 0.29) is 5.91 Å². The second-order valence-corrected chi connectivity index (χ2v) is 7.85. The highest BCUT2D eigenvalue weighted by Gasteiger charge is 2.19. The average molecular weight is 389 g/mol. The highest BCUT2D eigenvalue weighted by atomic mass is 16.3. The average Bonchev–Trinajstić information content (AvgIpc) is 3.16. The monoisotopic (exact) mass is 389 g/mol. The molecule has 0 bridgehead atoms. The van der Waals surface area contributed by atoms with Crippen LogP contribution in [0.3, 0.4) is 0 Å². The number of nitrogens with zero attached hydrogens (tertiary/aromatic N) is 3. The van der Waals surface area contributed by atoms with Gasteiger partial charge in [0.1, 0.15) is 5.52 Å². The van der Waals surface area contributed by atoms with Crippen molar-refractivity contribution in [2.24, 2.45) is 0 Å². The van der Waals surface area contributed by atoms with E-state index in [1.165, 1.54) is 11.1 Å². The van der Waals surface area contributed by atoms with Crippen molar-refractivity contribution in [2.75, 3.05) is 26.2 Å². The third-order valence-corrected chi connectivity index (χ3v) is 5.42. The van der Waals surface area contributed by atoms with Crippen LogP contribution in [0.1, 0.15) is 36.8 Å². The third-order valence-electron chi connectivity index (χ3n) is 5.42. The summed E-state index contributed by atoms with van der Waals surface area (Å²) in [5.41, 5.74) is 4.23. The summed E-state index contributed by atoms with van der Waals surface area (Å²) >= 11 is 0. The van der Waals surface area contributed by atoms with E-state index in [1.807, 2.05) is 29.2 Å². The van der Waals surface area contributed by atoms with Crippen LogP contribution >= 0.6 is 0 Å². The Morgan fingerprint density at radius 3 is 2.48 bits per heavy atom. The maximum atomic E-state index is 12.5. The number of aromatic nitrogens is 1. The number of rotatable bonds is 5. The van der Waals surface area contributed by atoms with Gasteiger partial charge in [0.25, 0.3) is 0 Å². The molecule has 0 spiro atoms. The van der Waals surface area contributed by atoms with E-state index in [1.54, 1.807) is 12.2 Å². The van der Waals surface area contributed by atoms with Crippen molar-refractivity contribution in [1.82, 2.24) is 14.8 Å². The van der Waals surface area contributed by atoms with E-state index in [0.717, 1.165) is 43.8 Å². The minimum absolute atomic E-state index is 0.00759. The number of carbonyl (C=O) groups is 1. The molecule has 29 heavy (non-hydrogen) atoms. The molecule has 3 aromatic rings. The summed E-state index contributed by atoms with van der Waals surface area (Å²) in [6.45, 7) is 8.59. The summed E-state index contributed by atoms with van der Waals surface area (Å²) in [5.74, 6) is 1.03. The second-order valence-electron chi connectivity index (χ2n) is 7.85. The lowest BCUT2D eigenvalue weighted by molar-refractivity contribution is -0.127. The molecule has 0 atom stereocenters. The molecule has 0 unspecified atom stereocenters. The Morgan fingerprint density at radius 2 is 1.79 bits per heavy atom. The Balaban J connectivity index is 1.29. The van der Waals surface area contributed by atoms with E-state index in [9.17, 15) is 4.79 Å². The van der Waals surface area contributed by atoms with Crippen LogP contribution in [0.4, 0.5) is 0 Å². The summed E-state index contributed by atoms with van der Waals surface area (Å²) in [7, 11) is 0. The highest BCUT2D eigenvalue weighted by Crippen LogP contribution is 2.17. The molecular formula is C24H27N3O2. The Labute approximate surface area is 171 Å². The number of benzene rings is 2. The number of oxazole rings is 1. The molecule has 1 amide bonds. The molecule has 1 aliphatic rings. The van der Waals surface area contributed by atoms with E-state index in [0.29, 0.717) is 11.8 Å². The van der Waals surface area contributed by atoms with Crippen molar-refractivity contribution in [1.29, 1.82) is 0 Å². The topological polar surface area (TPSA) is 49.6 Å².